The van der Waals surface area contributed by atoms with E-state index in [-0.39, 0.29) is 11.7 Å². The van der Waals surface area contributed by atoms with E-state index in [0.717, 1.165) is 28.6 Å². The van der Waals surface area contributed by atoms with Crippen LogP contribution in [0.3, 0.4) is 0 Å². The van der Waals surface area contributed by atoms with E-state index in [2.05, 4.69) is 24.1 Å². The molecule has 27 heavy (non-hydrogen) atoms. The van der Waals surface area contributed by atoms with Gasteiger partial charge in [-0.3, -0.25) is 4.79 Å². The molecule has 4 nitrogen and oxygen atoms in total. The highest BCUT2D eigenvalue weighted by Crippen LogP contribution is 2.23. The third kappa shape index (κ3) is 4.35. The summed E-state index contributed by atoms with van der Waals surface area (Å²) in [7, 11) is 1.88. The van der Waals surface area contributed by atoms with Gasteiger partial charge in [-0.1, -0.05) is 38.8 Å². The molecule has 1 heterocycles. The summed E-state index contributed by atoms with van der Waals surface area (Å²) in [5, 5.41) is 3.03. The Morgan fingerprint density at radius 2 is 1.89 bits per heavy atom. The molecule has 0 aliphatic carbocycles. The molecule has 0 radical (unpaired) electrons. The van der Waals surface area contributed by atoms with Crippen LogP contribution in [-0.2, 0) is 7.05 Å². The number of unbranched alkanes of at least 4 members (excludes halogenated alkanes) is 1. The number of hydrogen-bond donors (Lipinski definition) is 2. The van der Waals surface area contributed by atoms with Crippen molar-refractivity contribution in [2.45, 2.75) is 33.1 Å². The van der Waals surface area contributed by atoms with Gasteiger partial charge in [0.05, 0.1) is 7.05 Å². The SMILES string of the molecule is CCCC[C@@H](C)CNC(=O)c1[nH]c2ccc(-c3ccc(F)cc3)cc2[n+]1C. The van der Waals surface area contributed by atoms with Crippen molar-refractivity contribution in [3.63, 3.8) is 0 Å². The third-order valence-corrected chi connectivity index (χ3v) is 5.00. The second-order valence-electron chi connectivity index (χ2n) is 7.23. The number of benzene rings is 2. The van der Waals surface area contributed by atoms with Crippen molar-refractivity contribution in [2.24, 2.45) is 13.0 Å². The maximum Gasteiger partial charge on any atom is 0.346 e. The van der Waals surface area contributed by atoms with Gasteiger partial charge in [0.1, 0.15) is 5.82 Å². The molecule has 3 rings (SSSR count). The third-order valence-electron chi connectivity index (χ3n) is 5.00. The van der Waals surface area contributed by atoms with E-state index in [1.807, 2.05) is 29.8 Å². The fourth-order valence-corrected chi connectivity index (χ4v) is 3.28. The van der Waals surface area contributed by atoms with Gasteiger partial charge < -0.3 is 5.32 Å². The van der Waals surface area contributed by atoms with E-state index in [1.54, 1.807) is 12.1 Å². The first kappa shape index (κ1) is 19.1. The topological polar surface area (TPSA) is 48.8 Å². The number of imidazole rings is 1. The molecular formula is C22H27FN3O+. The van der Waals surface area contributed by atoms with Crippen molar-refractivity contribution in [1.82, 2.24) is 10.3 Å². The molecule has 0 spiro atoms. The van der Waals surface area contributed by atoms with Crippen LogP contribution >= 0.6 is 0 Å². The first-order valence-corrected chi connectivity index (χ1v) is 9.55. The number of fused-ring (bicyclic) bond motifs is 1. The monoisotopic (exact) mass is 368 g/mol. The molecule has 2 N–H and O–H groups in total. The molecule has 0 saturated heterocycles. The Hall–Kier alpha value is -2.69. The number of halogens is 1. The average Bonchev–Trinajstić information content (AvgIpc) is 3.01. The summed E-state index contributed by atoms with van der Waals surface area (Å²) < 4.78 is 15.0. The normalized spacial score (nSPS) is 12.3. The number of nitrogens with one attached hydrogen (secondary N) is 2. The summed E-state index contributed by atoms with van der Waals surface area (Å²) in [6.07, 6.45) is 3.48. The molecule has 0 bridgehead atoms. The number of carbonyl (C=O) groups is 1. The lowest BCUT2D eigenvalue weighted by Gasteiger charge is -2.10. The Bertz CT molecular complexity index is 931. The van der Waals surface area contributed by atoms with Gasteiger partial charge in [-0.2, -0.15) is 0 Å². The zero-order valence-corrected chi connectivity index (χ0v) is 16.2. The molecule has 1 amide bonds. The van der Waals surface area contributed by atoms with Gasteiger partial charge in [0.25, 0.3) is 0 Å². The van der Waals surface area contributed by atoms with E-state index in [1.165, 1.54) is 25.0 Å². The molecule has 1 aromatic heterocycles. The largest absolute Gasteiger partial charge is 0.346 e. The second kappa shape index (κ2) is 8.33. The number of aromatic nitrogens is 2. The van der Waals surface area contributed by atoms with Gasteiger partial charge in [-0.25, -0.2) is 13.9 Å². The number of aromatic amines is 1. The molecule has 0 aliphatic heterocycles. The predicted molar refractivity (Wildman–Crippen MR) is 106 cm³/mol. The van der Waals surface area contributed by atoms with Crippen LogP contribution in [0.1, 0.15) is 43.7 Å². The van der Waals surface area contributed by atoms with Crippen LogP contribution in [0.5, 0.6) is 0 Å². The second-order valence-corrected chi connectivity index (χ2v) is 7.23. The van der Waals surface area contributed by atoms with Crippen LogP contribution in [0.25, 0.3) is 22.2 Å². The molecule has 1 atom stereocenters. The molecule has 0 fully saturated rings. The summed E-state index contributed by atoms with van der Waals surface area (Å²) >= 11 is 0. The van der Waals surface area contributed by atoms with Crippen molar-refractivity contribution in [2.75, 3.05) is 6.54 Å². The van der Waals surface area contributed by atoms with Crippen LogP contribution in [0.4, 0.5) is 4.39 Å². The van der Waals surface area contributed by atoms with Gasteiger partial charge in [-0.15, -0.1) is 0 Å². The minimum absolute atomic E-state index is 0.0969. The fraction of sp³-hybridized carbons (Fsp3) is 0.364. The Morgan fingerprint density at radius 1 is 1.19 bits per heavy atom. The molecular weight excluding hydrogens is 341 g/mol. The van der Waals surface area contributed by atoms with E-state index in [0.29, 0.717) is 18.3 Å². The quantitative estimate of drug-likeness (QED) is 0.598. The first-order valence-electron chi connectivity index (χ1n) is 9.55. The molecule has 0 saturated carbocycles. The Kier molecular flexibility index (Phi) is 5.89. The summed E-state index contributed by atoms with van der Waals surface area (Å²) in [6, 6.07) is 12.4. The van der Waals surface area contributed by atoms with Crippen LogP contribution in [-0.4, -0.2) is 17.4 Å². The minimum Gasteiger partial charge on any atom is -0.345 e. The molecule has 0 aliphatic rings. The number of aryl methyl sites for hydroxylation is 1. The first-order chi connectivity index (χ1) is 13.0. The van der Waals surface area contributed by atoms with Crippen molar-refractivity contribution >= 4 is 16.9 Å². The lowest BCUT2D eigenvalue weighted by atomic mass is 10.0. The number of nitrogens with zero attached hydrogens (tertiary/aromatic N) is 1. The predicted octanol–water partition coefficient (Wildman–Crippen LogP) is 4.35. The van der Waals surface area contributed by atoms with Gasteiger partial charge >= 0.3 is 11.7 Å². The average molecular weight is 368 g/mol. The number of H-pyrrole nitrogens is 1. The fourth-order valence-electron chi connectivity index (χ4n) is 3.28. The summed E-state index contributed by atoms with van der Waals surface area (Å²) in [5.41, 5.74) is 3.75. The van der Waals surface area contributed by atoms with Crippen molar-refractivity contribution in [1.29, 1.82) is 0 Å². The molecule has 5 heteroatoms. The number of carbonyl (C=O) groups excluding carboxylic acids is 1. The van der Waals surface area contributed by atoms with E-state index in [9.17, 15) is 9.18 Å². The summed E-state index contributed by atoms with van der Waals surface area (Å²) in [6.45, 7) is 5.02. The Morgan fingerprint density at radius 3 is 2.59 bits per heavy atom. The van der Waals surface area contributed by atoms with Crippen LogP contribution in [0.2, 0.25) is 0 Å². The van der Waals surface area contributed by atoms with Crippen LogP contribution in [0, 0.1) is 11.7 Å². The van der Waals surface area contributed by atoms with E-state index < -0.39 is 0 Å². The number of amides is 1. The molecule has 0 unspecified atom stereocenters. The molecule has 3 aromatic rings. The highest BCUT2D eigenvalue weighted by molar-refractivity contribution is 5.92. The van der Waals surface area contributed by atoms with Crippen LogP contribution < -0.4 is 9.88 Å². The zero-order chi connectivity index (χ0) is 19.4. The van der Waals surface area contributed by atoms with Crippen LogP contribution in [0.15, 0.2) is 42.5 Å². The van der Waals surface area contributed by atoms with Gasteiger partial charge in [-0.05, 0) is 53.8 Å². The number of rotatable bonds is 7. The maximum absolute atomic E-state index is 13.2. The van der Waals surface area contributed by atoms with E-state index in [4.69, 9.17) is 0 Å². The Labute approximate surface area is 159 Å². The van der Waals surface area contributed by atoms with E-state index >= 15 is 0 Å². The van der Waals surface area contributed by atoms with Gasteiger partial charge in [0.2, 0.25) is 0 Å². The smallest absolute Gasteiger partial charge is 0.345 e. The van der Waals surface area contributed by atoms with Crippen molar-refractivity contribution in [3.05, 3.63) is 54.1 Å². The lowest BCUT2D eigenvalue weighted by Crippen LogP contribution is -2.40. The highest BCUT2D eigenvalue weighted by atomic mass is 19.1. The molecule has 2 aromatic carbocycles. The molecule has 142 valence electrons. The summed E-state index contributed by atoms with van der Waals surface area (Å²) in [4.78, 5) is 15.8. The lowest BCUT2D eigenvalue weighted by molar-refractivity contribution is -0.646. The summed E-state index contributed by atoms with van der Waals surface area (Å²) in [5.74, 6) is 0.650. The van der Waals surface area contributed by atoms with Gasteiger partial charge in [0.15, 0.2) is 11.0 Å². The van der Waals surface area contributed by atoms with Gasteiger partial charge in [0, 0.05) is 6.54 Å². The number of hydrogen-bond acceptors (Lipinski definition) is 1. The highest BCUT2D eigenvalue weighted by Gasteiger charge is 2.23. The maximum atomic E-state index is 13.2. The minimum atomic E-state index is -0.251. The zero-order valence-electron chi connectivity index (χ0n) is 16.2. The Balaban J connectivity index is 1.80. The van der Waals surface area contributed by atoms with Crippen molar-refractivity contribution in [3.8, 4) is 11.1 Å². The standard InChI is InChI=1S/C22H26FN3O/c1-4-5-6-15(2)14-24-22(27)21-25-19-12-9-17(13-20(19)26(21)3)16-7-10-18(23)11-8-16/h7-13,15H,4-6,14H2,1-3H3,(H,24,27)/p+1/t15-/m1/s1. The van der Waals surface area contributed by atoms with Crippen molar-refractivity contribution < 1.29 is 13.8 Å².